The van der Waals surface area contributed by atoms with Crippen LogP contribution in [0.4, 0.5) is 13.2 Å². The first-order valence-corrected chi connectivity index (χ1v) is 10.3. The first-order chi connectivity index (χ1) is 14.7. The summed E-state index contributed by atoms with van der Waals surface area (Å²) in [6, 6.07) is 11.1. The summed E-state index contributed by atoms with van der Waals surface area (Å²) in [5.74, 6) is -0.140. The Morgan fingerprint density at radius 3 is 2.65 bits per heavy atom. The van der Waals surface area contributed by atoms with Crippen LogP contribution in [-0.4, -0.2) is 25.5 Å². The van der Waals surface area contributed by atoms with Gasteiger partial charge in [0, 0.05) is 28.7 Å². The quantitative estimate of drug-likeness (QED) is 0.386. The van der Waals surface area contributed by atoms with Crippen LogP contribution in [0.3, 0.4) is 0 Å². The van der Waals surface area contributed by atoms with Gasteiger partial charge in [0.15, 0.2) is 5.16 Å². The van der Waals surface area contributed by atoms with Crippen molar-refractivity contribution in [3.63, 3.8) is 0 Å². The Kier molecular flexibility index (Phi) is 5.67. The van der Waals surface area contributed by atoms with E-state index in [-0.39, 0.29) is 17.1 Å². The zero-order valence-corrected chi connectivity index (χ0v) is 17.5. The number of halogens is 4. The van der Waals surface area contributed by atoms with Crippen molar-refractivity contribution >= 4 is 29.0 Å². The van der Waals surface area contributed by atoms with Gasteiger partial charge in [-0.1, -0.05) is 47.6 Å². The Morgan fingerprint density at radius 2 is 1.87 bits per heavy atom. The van der Waals surface area contributed by atoms with Crippen LogP contribution < -0.4 is 10.3 Å². The zero-order chi connectivity index (χ0) is 22.2. The number of thioether (sulfide) groups is 1. The molecule has 0 bridgehead atoms. The molecule has 31 heavy (non-hydrogen) atoms. The highest BCUT2D eigenvalue weighted by molar-refractivity contribution is 7.98. The number of fused-ring (bicyclic) bond motifs is 1. The van der Waals surface area contributed by atoms with Gasteiger partial charge >= 0.3 is 11.9 Å². The molecule has 0 unspecified atom stereocenters. The molecule has 0 atom stereocenters. The molecular formula is C20H14ClF3N4O2S. The van der Waals surface area contributed by atoms with Gasteiger partial charge < -0.3 is 4.74 Å². The Morgan fingerprint density at radius 1 is 1.10 bits per heavy atom. The second-order valence-corrected chi connectivity index (χ2v) is 7.83. The van der Waals surface area contributed by atoms with Crippen LogP contribution in [0.25, 0.3) is 11.3 Å². The van der Waals surface area contributed by atoms with E-state index < -0.39 is 11.9 Å². The maximum atomic E-state index is 12.9. The Hall–Kier alpha value is -2.98. The average molecular weight is 467 g/mol. The highest BCUT2D eigenvalue weighted by Gasteiger charge is 2.32. The van der Waals surface area contributed by atoms with Gasteiger partial charge in [-0.15, -0.1) is 23.4 Å². The molecule has 0 spiro atoms. The van der Waals surface area contributed by atoms with Gasteiger partial charge in [-0.05, 0) is 30.7 Å². The topological polar surface area (TPSA) is 61.4 Å². The molecule has 2 heterocycles. The summed E-state index contributed by atoms with van der Waals surface area (Å²) in [5.41, 5.74) is 1.39. The minimum absolute atomic E-state index is 0.0872. The molecule has 0 radical (unpaired) electrons. The lowest BCUT2D eigenvalue weighted by atomic mass is 10.2. The molecule has 0 fully saturated rings. The van der Waals surface area contributed by atoms with Crippen molar-refractivity contribution in [1.29, 1.82) is 0 Å². The van der Waals surface area contributed by atoms with Crippen LogP contribution >= 0.6 is 23.4 Å². The van der Waals surface area contributed by atoms with E-state index in [2.05, 4.69) is 14.9 Å². The van der Waals surface area contributed by atoms with E-state index in [0.29, 0.717) is 21.4 Å². The van der Waals surface area contributed by atoms with Crippen molar-refractivity contribution in [2.75, 3.05) is 0 Å². The van der Waals surface area contributed by atoms with E-state index >= 15 is 0 Å². The maximum Gasteiger partial charge on any atom is 0.573 e. The largest absolute Gasteiger partial charge is 0.573 e. The van der Waals surface area contributed by atoms with E-state index in [1.54, 1.807) is 43.6 Å². The predicted octanol–water partition coefficient (Wildman–Crippen LogP) is 5.03. The number of aromatic nitrogens is 4. The number of benzene rings is 2. The number of alkyl halides is 3. The van der Waals surface area contributed by atoms with E-state index in [1.807, 2.05) is 0 Å². The molecule has 0 aliphatic heterocycles. The van der Waals surface area contributed by atoms with Crippen molar-refractivity contribution in [1.82, 2.24) is 19.2 Å². The summed E-state index contributed by atoms with van der Waals surface area (Å²) in [7, 11) is 0. The van der Waals surface area contributed by atoms with E-state index in [1.165, 1.54) is 27.2 Å². The van der Waals surface area contributed by atoms with Crippen LogP contribution in [0, 0.1) is 6.92 Å². The molecule has 2 aromatic carbocycles. The van der Waals surface area contributed by atoms with Gasteiger partial charge in [-0.3, -0.25) is 13.8 Å². The Balaban J connectivity index is 1.64. The molecular weight excluding hydrogens is 453 g/mol. The SMILES string of the molecule is Cc1c(Cl)cccc1-n1ccn2c(SCc3ccccc3OC(F)(F)F)nnc2c1=O. The molecule has 0 aliphatic carbocycles. The number of ether oxygens (including phenoxy) is 1. The minimum Gasteiger partial charge on any atom is -0.405 e. The van der Waals surface area contributed by atoms with Crippen molar-refractivity contribution < 1.29 is 17.9 Å². The van der Waals surface area contributed by atoms with Crippen molar-refractivity contribution in [2.24, 2.45) is 0 Å². The van der Waals surface area contributed by atoms with E-state index in [9.17, 15) is 18.0 Å². The molecule has 160 valence electrons. The summed E-state index contributed by atoms with van der Waals surface area (Å²) in [6.45, 7) is 1.81. The Bertz CT molecular complexity index is 1320. The van der Waals surface area contributed by atoms with Gasteiger partial charge in [0.2, 0.25) is 5.65 Å². The van der Waals surface area contributed by atoms with Crippen LogP contribution in [0.1, 0.15) is 11.1 Å². The first-order valence-electron chi connectivity index (χ1n) is 8.93. The highest BCUT2D eigenvalue weighted by Crippen LogP contribution is 2.31. The van der Waals surface area contributed by atoms with Crippen LogP contribution in [-0.2, 0) is 5.75 Å². The summed E-state index contributed by atoms with van der Waals surface area (Å²) < 4.78 is 44.8. The average Bonchev–Trinajstić information content (AvgIpc) is 3.13. The first kappa shape index (κ1) is 21.3. The lowest BCUT2D eigenvalue weighted by Gasteiger charge is -2.12. The van der Waals surface area contributed by atoms with E-state index in [0.717, 1.165) is 17.3 Å². The molecule has 0 saturated heterocycles. The van der Waals surface area contributed by atoms with Gasteiger partial charge in [0.25, 0.3) is 0 Å². The van der Waals surface area contributed by atoms with Crippen LogP contribution in [0.2, 0.25) is 5.02 Å². The lowest BCUT2D eigenvalue weighted by molar-refractivity contribution is -0.274. The second kappa shape index (κ2) is 8.27. The van der Waals surface area contributed by atoms with Crippen molar-refractivity contribution in [3.8, 4) is 11.4 Å². The third-order valence-electron chi connectivity index (χ3n) is 4.49. The molecule has 11 heteroatoms. The molecule has 2 aromatic heterocycles. The zero-order valence-electron chi connectivity index (χ0n) is 15.9. The molecule has 6 nitrogen and oxygen atoms in total. The number of hydrogen-bond donors (Lipinski definition) is 0. The van der Waals surface area contributed by atoms with E-state index in [4.69, 9.17) is 11.6 Å². The number of rotatable bonds is 5. The normalized spacial score (nSPS) is 11.8. The second-order valence-electron chi connectivity index (χ2n) is 6.48. The fourth-order valence-corrected chi connectivity index (χ4v) is 4.08. The third kappa shape index (κ3) is 4.40. The number of nitrogens with zero attached hydrogens (tertiary/aromatic N) is 4. The minimum atomic E-state index is -4.79. The van der Waals surface area contributed by atoms with Gasteiger partial charge in [-0.25, -0.2) is 0 Å². The highest BCUT2D eigenvalue weighted by atomic mass is 35.5. The van der Waals surface area contributed by atoms with Gasteiger partial charge in [-0.2, -0.15) is 0 Å². The molecule has 0 saturated carbocycles. The molecule has 0 aliphatic rings. The summed E-state index contributed by atoms with van der Waals surface area (Å²) >= 11 is 7.30. The fraction of sp³-hybridized carbons (Fsp3) is 0.150. The smallest absolute Gasteiger partial charge is 0.405 e. The standard InChI is InChI=1S/C20H14ClF3N4O2S/c1-12-14(21)6-4-7-15(12)27-9-10-28-17(18(27)29)25-26-19(28)31-11-13-5-2-3-8-16(13)30-20(22,23)24/h2-10H,11H2,1H3. The van der Waals surface area contributed by atoms with Gasteiger partial charge in [0.05, 0.1) is 5.69 Å². The maximum absolute atomic E-state index is 12.9. The van der Waals surface area contributed by atoms with Crippen molar-refractivity contribution in [2.45, 2.75) is 24.2 Å². The molecule has 4 rings (SSSR count). The van der Waals surface area contributed by atoms with Gasteiger partial charge in [0.1, 0.15) is 5.75 Å². The summed E-state index contributed by atoms with van der Waals surface area (Å²) in [4.78, 5) is 12.9. The van der Waals surface area contributed by atoms with Crippen LogP contribution in [0.15, 0.2) is 64.8 Å². The fourth-order valence-electron chi connectivity index (χ4n) is 3.00. The van der Waals surface area contributed by atoms with Crippen LogP contribution in [0.5, 0.6) is 5.75 Å². The summed E-state index contributed by atoms with van der Waals surface area (Å²) in [6.07, 6.45) is -1.59. The Labute approximate surface area is 183 Å². The molecule has 0 N–H and O–H groups in total. The predicted molar refractivity (Wildman–Crippen MR) is 111 cm³/mol. The lowest BCUT2D eigenvalue weighted by Crippen LogP contribution is -2.21. The monoisotopic (exact) mass is 466 g/mol. The molecule has 0 amide bonds. The number of hydrogen-bond acceptors (Lipinski definition) is 5. The van der Waals surface area contributed by atoms with Crippen molar-refractivity contribution in [3.05, 3.63) is 81.4 Å². The summed E-state index contributed by atoms with van der Waals surface area (Å²) in [5, 5.41) is 8.88. The number of para-hydroxylation sites is 1. The third-order valence-corrected chi connectivity index (χ3v) is 5.89. The molecule has 4 aromatic rings.